The Bertz CT molecular complexity index is 835. The first-order valence-corrected chi connectivity index (χ1v) is 9.96. The van der Waals surface area contributed by atoms with E-state index in [-0.39, 0.29) is 18.2 Å². The number of aliphatic hydroxyl groups excluding tert-OH is 3. The molecule has 0 saturated carbocycles. The van der Waals surface area contributed by atoms with Crippen molar-refractivity contribution in [2.75, 3.05) is 25.4 Å². The van der Waals surface area contributed by atoms with Crippen molar-refractivity contribution in [3.8, 4) is 0 Å². The lowest BCUT2D eigenvalue weighted by Crippen LogP contribution is -2.31. The normalized spacial score (nSPS) is 13.1. The highest BCUT2D eigenvalue weighted by Gasteiger charge is 2.17. The Labute approximate surface area is 174 Å². The summed E-state index contributed by atoms with van der Waals surface area (Å²) in [5.74, 6) is 0.247. The maximum atomic E-state index is 12.3. The second-order valence-corrected chi connectivity index (χ2v) is 6.97. The number of nitrogens with one attached hydrogen (secondary N) is 2. The van der Waals surface area contributed by atoms with Gasteiger partial charge in [-0.3, -0.25) is 14.6 Å². The quantitative estimate of drug-likeness (QED) is 0.210. The lowest BCUT2D eigenvalue weighted by Gasteiger charge is -2.14. The summed E-state index contributed by atoms with van der Waals surface area (Å²) < 4.78 is 0. The van der Waals surface area contributed by atoms with Crippen molar-refractivity contribution in [3.05, 3.63) is 35.7 Å². The molecule has 2 rings (SSSR count). The zero-order valence-corrected chi connectivity index (χ0v) is 16.8. The van der Waals surface area contributed by atoms with Crippen LogP contribution in [0.5, 0.6) is 0 Å². The van der Waals surface area contributed by atoms with Gasteiger partial charge in [0.05, 0.1) is 29.4 Å². The monoisotopic (exact) mass is 422 g/mol. The Morgan fingerprint density at radius 2 is 1.90 bits per heavy atom. The molecule has 0 aliphatic heterocycles. The van der Waals surface area contributed by atoms with Gasteiger partial charge in [0.1, 0.15) is 6.10 Å². The molecule has 0 aliphatic carbocycles. The van der Waals surface area contributed by atoms with Gasteiger partial charge in [-0.2, -0.15) is 12.6 Å². The van der Waals surface area contributed by atoms with Gasteiger partial charge < -0.3 is 26.0 Å². The molecule has 10 heteroatoms. The number of thiol groups is 1. The highest BCUT2D eigenvalue weighted by molar-refractivity contribution is 7.80. The zero-order chi connectivity index (χ0) is 21.2. The third-order valence-corrected chi connectivity index (χ3v) is 4.43. The topological polar surface area (TPSA) is 145 Å². The number of aromatic nitrogens is 2. The highest BCUT2D eigenvalue weighted by Crippen LogP contribution is 2.14. The second-order valence-electron chi connectivity index (χ2n) is 6.52. The number of rotatable bonds is 11. The Balaban J connectivity index is 1.91. The summed E-state index contributed by atoms with van der Waals surface area (Å²) in [5.41, 5.74) is 1.95. The first kappa shape index (κ1) is 23.0. The van der Waals surface area contributed by atoms with E-state index in [0.29, 0.717) is 54.0 Å². The predicted octanol–water partition coefficient (Wildman–Crippen LogP) is -0.558. The number of aliphatic hydroxyl groups is 3. The fourth-order valence-electron chi connectivity index (χ4n) is 2.60. The molecular formula is C19H26N4O5S. The molecule has 2 amide bonds. The molecule has 2 unspecified atom stereocenters. The van der Waals surface area contributed by atoms with E-state index in [9.17, 15) is 19.8 Å². The van der Waals surface area contributed by atoms with Gasteiger partial charge in [-0.15, -0.1) is 0 Å². The highest BCUT2D eigenvalue weighted by atomic mass is 32.1. The maximum Gasteiger partial charge on any atom is 0.251 e. The van der Waals surface area contributed by atoms with Crippen molar-refractivity contribution in [1.29, 1.82) is 0 Å². The molecule has 158 valence electrons. The third kappa shape index (κ3) is 7.24. The Morgan fingerprint density at radius 1 is 1.10 bits per heavy atom. The number of fused-ring (bicyclic) bond motifs is 1. The number of carbonyl (C=O) groups excluding carboxylic acids is 2. The SMILES string of the molecule is O=C(CCCNC(=O)c1ccc2nc(CC(O)C(O)CO)cnc2c1)NCCS. The molecule has 1 heterocycles. The molecule has 2 atom stereocenters. The average Bonchev–Trinajstić information content (AvgIpc) is 2.73. The van der Waals surface area contributed by atoms with Crippen LogP contribution in [0.15, 0.2) is 24.4 Å². The van der Waals surface area contributed by atoms with E-state index in [2.05, 4.69) is 33.2 Å². The number of amides is 2. The van der Waals surface area contributed by atoms with E-state index < -0.39 is 18.8 Å². The molecule has 0 fully saturated rings. The van der Waals surface area contributed by atoms with Gasteiger partial charge in [0.15, 0.2) is 0 Å². The molecule has 1 aromatic heterocycles. The van der Waals surface area contributed by atoms with Gasteiger partial charge in [-0.1, -0.05) is 0 Å². The van der Waals surface area contributed by atoms with Gasteiger partial charge in [0.2, 0.25) is 5.91 Å². The molecular weight excluding hydrogens is 396 g/mol. The van der Waals surface area contributed by atoms with Crippen LogP contribution in [0.1, 0.15) is 28.9 Å². The van der Waals surface area contributed by atoms with Crippen molar-refractivity contribution < 1.29 is 24.9 Å². The van der Waals surface area contributed by atoms with E-state index in [1.54, 1.807) is 18.2 Å². The summed E-state index contributed by atoms with van der Waals surface area (Å²) >= 11 is 4.02. The predicted molar refractivity (Wildman–Crippen MR) is 111 cm³/mol. The van der Waals surface area contributed by atoms with Gasteiger partial charge in [-0.25, -0.2) is 4.98 Å². The smallest absolute Gasteiger partial charge is 0.251 e. The summed E-state index contributed by atoms with van der Waals surface area (Å²) in [5, 5.41) is 33.6. The summed E-state index contributed by atoms with van der Waals surface area (Å²) in [7, 11) is 0. The Hall–Kier alpha value is -2.27. The van der Waals surface area contributed by atoms with E-state index in [4.69, 9.17) is 5.11 Å². The van der Waals surface area contributed by atoms with Crippen LogP contribution < -0.4 is 10.6 Å². The van der Waals surface area contributed by atoms with Crippen LogP contribution in [0.3, 0.4) is 0 Å². The van der Waals surface area contributed by atoms with E-state index >= 15 is 0 Å². The van der Waals surface area contributed by atoms with Gasteiger partial charge in [0.25, 0.3) is 5.91 Å². The summed E-state index contributed by atoms with van der Waals surface area (Å²) in [6.07, 6.45) is -0.0147. The minimum Gasteiger partial charge on any atom is -0.394 e. The lowest BCUT2D eigenvalue weighted by molar-refractivity contribution is -0.121. The van der Waals surface area contributed by atoms with Crippen molar-refractivity contribution >= 4 is 35.5 Å². The summed E-state index contributed by atoms with van der Waals surface area (Å²) in [6, 6.07) is 4.88. The fraction of sp³-hybridized carbons (Fsp3) is 0.474. The van der Waals surface area contributed by atoms with Crippen LogP contribution in [0, 0.1) is 0 Å². The molecule has 2 aromatic rings. The van der Waals surface area contributed by atoms with Crippen LogP contribution in [-0.2, 0) is 11.2 Å². The Kier molecular flexibility index (Phi) is 9.26. The van der Waals surface area contributed by atoms with Gasteiger partial charge in [0, 0.05) is 43.4 Å². The maximum absolute atomic E-state index is 12.3. The molecule has 0 spiro atoms. The standard InChI is InChI=1S/C19H26N4O5S/c24-11-17(26)16(25)9-13-10-22-15-8-12(3-4-14(15)23-13)19(28)21-5-1-2-18(27)20-6-7-29/h3-4,8,10,16-17,24-26,29H,1-2,5-7,9,11H2,(H,20,27)(H,21,28). The molecule has 29 heavy (non-hydrogen) atoms. The molecule has 9 nitrogen and oxygen atoms in total. The van der Waals surface area contributed by atoms with Crippen molar-refractivity contribution in [2.24, 2.45) is 0 Å². The largest absolute Gasteiger partial charge is 0.394 e. The van der Waals surface area contributed by atoms with Crippen LogP contribution >= 0.6 is 12.6 Å². The minimum atomic E-state index is -1.24. The number of nitrogens with zero attached hydrogens (tertiary/aromatic N) is 2. The van der Waals surface area contributed by atoms with E-state index in [1.807, 2.05) is 0 Å². The minimum absolute atomic E-state index is 0.0501. The van der Waals surface area contributed by atoms with Crippen molar-refractivity contribution in [3.63, 3.8) is 0 Å². The average molecular weight is 423 g/mol. The van der Waals surface area contributed by atoms with Crippen molar-refractivity contribution in [2.45, 2.75) is 31.5 Å². The van der Waals surface area contributed by atoms with Crippen molar-refractivity contribution in [1.82, 2.24) is 20.6 Å². The number of benzene rings is 1. The first-order chi connectivity index (χ1) is 13.9. The van der Waals surface area contributed by atoms with Crippen LogP contribution in [0.25, 0.3) is 11.0 Å². The summed E-state index contributed by atoms with van der Waals surface area (Å²) in [4.78, 5) is 32.4. The van der Waals surface area contributed by atoms with E-state index in [1.165, 1.54) is 6.20 Å². The second kappa shape index (κ2) is 11.7. The molecule has 0 aliphatic rings. The van der Waals surface area contributed by atoms with Crippen LogP contribution in [-0.4, -0.2) is 74.8 Å². The molecule has 0 radical (unpaired) electrons. The Morgan fingerprint density at radius 3 is 2.62 bits per heavy atom. The number of hydrogen-bond donors (Lipinski definition) is 6. The molecule has 0 bridgehead atoms. The lowest BCUT2D eigenvalue weighted by atomic mass is 10.1. The zero-order valence-electron chi connectivity index (χ0n) is 15.9. The molecule has 5 N–H and O–H groups in total. The van der Waals surface area contributed by atoms with E-state index in [0.717, 1.165) is 0 Å². The summed E-state index contributed by atoms with van der Waals surface area (Å²) in [6.45, 7) is 0.358. The first-order valence-electron chi connectivity index (χ1n) is 9.33. The number of carbonyl (C=O) groups is 2. The van der Waals surface area contributed by atoms with Gasteiger partial charge >= 0.3 is 0 Å². The number of hydrogen-bond acceptors (Lipinski definition) is 8. The molecule has 1 aromatic carbocycles. The van der Waals surface area contributed by atoms with Gasteiger partial charge in [-0.05, 0) is 24.6 Å². The fourth-order valence-corrected chi connectivity index (χ4v) is 2.71. The van der Waals surface area contributed by atoms with Crippen LogP contribution in [0.4, 0.5) is 0 Å². The molecule has 0 saturated heterocycles. The third-order valence-electron chi connectivity index (χ3n) is 4.20. The van der Waals surface area contributed by atoms with Crippen LogP contribution in [0.2, 0.25) is 0 Å².